The quantitative estimate of drug-likeness (QED) is 0.197. The molecule has 0 radical (unpaired) electrons. The summed E-state index contributed by atoms with van der Waals surface area (Å²) in [5.74, 6) is 0.782. The molecule has 0 N–H and O–H groups in total. The van der Waals surface area contributed by atoms with Gasteiger partial charge in [0.2, 0.25) is 5.44 Å². The Bertz CT molecular complexity index is 1200. The zero-order valence-corrected chi connectivity index (χ0v) is 19.7. The highest BCUT2D eigenvalue weighted by atomic mass is 32.2. The van der Waals surface area contributed by atoms with Crippen LogP contribution in [0.3, 0.4) is 0 Å². The van der Waals surface area contributed by atoms with Crippen molar-refractivity contribution >= 4 is 40.4 Å². The Morgan fingerprint density at radius 2 is 1.18 bits per heavy atom. The Hall–Kier alpha value is -3.33. The van der Waals surface area contributed by atoms with Crippen LogP contribution in [0, 0.1) is 0 Å². The average Bonchev–Trinajstić information content (AvgIpc) is 2.91. The number of thioether (sulfide) groups is 1. The summed E-state index contributed by atoms with van der Waals surface area (Å²) in [6.07, 6.45) is 5.59. The van der Waals surface area contributed by atoms with Crippen LogP contribution in [0.4, 0.5) is 0 Å². The molecule has 0 aliphatic heterocycles. The molecule has 0 amide bonds. The fourth-order valence-electron chi connectivity index (χ4n) is 4.02. The van der Waals surface area contributed by atoms with Crippen molar-refractivity contribution in [1.82, 2.24) is 15.0 Å². The predicted molar refractivity (Wildman–Crippen MR) is 141 cm³/mol. The molecule has 2 heterocycles. The van der Waals surface area contributed by atoms with Crippen LogP contribution in [0.5, 0.6) is 0 Å². The molecule has 5 heteroatoms. The monoisotopic (exact) mass is 464 g/mol. The fraction of sp³-hybridized carbons (Fsp3) is 0.0357. The van der Waals surface area contributed by atoms with Gasteiger partial charge in [0.15, 0.2) is 12.4 Å². The van der Waals surface area contributed by atoms with Crippen molar-refractivity contribution < 1.29 is 0 Å². The first kappa shape index (κ1) is 21.5. The van der Waals surface area contributed by atoms with E-state index in [4.69, 9.17) is 4.98 Å². The van der Waals surface area contributed by atoms with Crippen LogP contribution < -0.4 is 21.3 Å². The summed E-state index contributed by atoms with van der Waals surface area (Å²) < 4.78 is 0. The number of rotatable bonds is 7. The van der Waals surface area contributed by atoms with Crippen LogP contribution >= 0.6 is 19.0 Å². The standard InChI is InChI=1S/C28H23N3PS/c1-4-12-24(13-5-1)32(25-14-6-2-7-15-25,26-16-8-3-9-17-26)27-18-20-30-28(31-27)33-22-23-11-10-19-29-21-23/h1-21H,22H2/q+1. The summed E-state index contributed by atoms with van der Waals surface area (Å²) in [7, 11) is -2.20. The third kappa shape index (κ3) is 4.45. The predicted octanol–water partition coefficient (Wildman–Crippen LogP) is 4.78. The Balaban J connectivity index is 1.68. The highest BCUT2D eigenvalue weighted by molar-refractivity contribution is 8.01. The van der Waals surface area contributed by atoms with Crippen molar-refractivity contribution in [2.45, 2.75) is 10.9 Å². The second-order valence-corrected chi connectivity index (χ2v) is 11.8. The van der Waals surface area contributed by atoms with Crippen molar-refractivity contribution in [1.29, 1.82) is 0 Å². The molecule has 0 atom stereocenters. The molecule has 0 bridgehead atoms. The number of hydrogen-bond acceptors (Lipinski definition) is 4. The summed E-state index contributed by atoms with van der Waals surface area (Å²) in [4.78, 5) is 14.0. The van der Waals surface area contributed by atoms with Gasteiger partial charge in [-0.15, -0.1) is 0 Å². The first-order valence-corrected chi connectivity index (χ1v) is 13.6. The van der Waals surface area contributed by atoms with Gasteiger partial charge in [0.05, 0.1) is 0 Å². The summed E-state index contributed by atoms with van der Waals surface area (Å²) >= 11 is 1.64. The van der Waals surface area contributed by atoms with Gasteiger partial charge >= 0.3 is 0 Å². The Labute approximate surface area is 199 Å². The topological polar surface area (TPSA) is 38.7 Å². The SMILES string of the molecule is c1ccc([P+](c2ccccc2)(c2ccccc2)c2ccnc(SCc3cccnc3)n2)cc1. The van der Waals surface area contributed by atoms with Gasteiger partial charge in [0.1, 0.15) is 15.9 Å². The van der Waals surface area contributed by atoms with Gasteiger partial charge < -0.3 is 0 Å². The maximum absolute atomic E-state index is 5.17. The Morgan fingerprint density at radius 1 is 0.606 bits per heavy atom. The molecule has 0 unspecified atom stereocenters. The highest BCUT2D eigenvalue weighted by Crippen LogP contribution is 2.53. The van der Waals surface area contributed by atoms with Crippen molar-refractivity contribution in [2.75, 3.05) is 0 Å². The largest absolute Gasteiger partial charge is 0.264 e. The van der Waals surface area contributed by atoms with E-state index in [2.05, 4.69) is 113 Å². The van der Waals surface area contributed by atoms with Gasteiger partial charge in [-0.2, -0.15) is 4.98 Å². The molecule has 0 spiro atoms. The minimum atomic E-state index is -2.20. The highest BCUT2D eigenvalue weighted by Gasteiger charge is 2.49. The zero-order valence-electron chi connectivity index (χ0n) is 18.0. The lowest BCUT2D eigenvalue weighted by Gasteiger charge is -2.26. The van der Waals surface area contributed by atoms with Gasteiger partial charge in [0, 0.05) is 30.4 Å². The maximum atomic E-state index is 5.17. The minimum absolute atomic E-state index is 0.781. The van der Waals surface area contributed by atoms with E-state index in [0.29, 0.717) is 0 Å². The molecule has 0 aliphatic carbocycles. The van der Waals surface area contributed by atoms with E-state index in [0.717, 1.165) is 21.9 Å². The first-order valence-electron chi connectivity index (χ1n) is 10.8. The lowest BCUT2D eigenvalue weighted by molar-refractivity contribution is 0.987. The first-order chi connectivity index (χ1) is 16.4. The lowest BCUT2D eigenvalue weighted by atomic mass is 10.3. The summed E-state index contributed by atoms with van der Waals surface area (Å²) in [6.45, 7) is 0. The third-order valence-electron chi connectivity index (χ3n) is 5.48. The number of hydrogen-bond donors (Lipinski definition) is 0. The molecule has 3 nitrogen and oxygen atoms in total. The summed E-state index contributed by atoms with van der Waals surface area (Å²) in [5, 5.41) is 4.63. The van der Waals surface area contributed by atoms with Gasteiger partial charge in [-0.05, 0) is 48.0 Å². The van der Waals surface area contributed by atoms with Crippen LogP contribution in [0.1, 0.15) is 5.56 Å². The van der Waals surface area contributed by atoms with Gasteiger partial charge in [-0.25, -0.2) is 4.98 Å². The Kier molecular flexibility index (Phi) is 6.57. The van der Waals surface area contributed by atoms with Gasteiger partial charge in [0.25, 0.3) is 0 Å². The molecule has 3 aromatic carbocycles. The molecular formula is C28H23N3PS+. The number of benzene rings is 3. The second kappa shape index (κ2) is 10.1. The average molecular weight is 465 g/mol. The van der Waals surface area contributed by atoms with Gasteiger partial charge in [-0.1, -0.05) is 72.4 Å². The molecule has 0 saturated carbocycles. The summed E-state index contributed by atoms with van der Waals surface area (Å²) in [6, 6.07) is 38.5. The zero-order chi connectivity index (χ0) is 22.3. The van der Waals surface area contributed by atoms with E-state index >= 15 is 0 Å². The van der Waals surface area contributed by atoms with E-state index in [-0.39, 0.29) is 0 Å². The van der Waals surface area contributed by atoms with Crippen LogP contribution in [0.15, 0.2) is 133 Å². The number of pyridine rings is 1. The van der Waals surface area contributed by atoms with Crippen molar-refractivity contribution in [2.24, 2.45) is 0 Å². The molecule has 33 heavy (non-hydrogen) atoms. The van der Waals surface area contributed by atoms with Crippen molar-refractivity contribution in [3.8, 4) is 0 Å². The smallest absolute Gasteiger partial charge is 0.202 e. The molecule has 0 fully saturated rings. The lowest BCUT2D eigenvalue weighted by Crippen LogP contribution is -2.40. The van der Waals surface area contributed by atoms with Crippen LogP contribution in [0.25, 0.3) is 0 Å². The number of aromatic nitrogens is 3. The fourth-order valence-corrected chi connectivity index (χ4v) is 8.93. The third-order valence-corrected chi connectivity index (χ3v) is 10.6. The normalized spacial score (nSPS) is 11.3. The molecule has 5 rings (SSSR count). The van der Waals surface area contributed by atoms with E-state index in [9.17, 15) is 0 Å². The molecular weight excluding hydrogens is 441 g/mol. The molecule has 0 aliphatic rings. The molecule has 0 saturated heterocycles. The van der Waals surface area contributed by atoms with Crippen LogP contribution in [-0.4, -0.2) is 15.0 Å². The summed E-state index contributed by atoms with van der Waals surface area (Å²) in [5.41, 5.74) is 2.22. The van der Waals surface area contributed by atoms with E-state index in [1.165, 1.54) is 15.9 Å². The van der Waals surface area contributed by atoms with Crippen molar-refractivity contribution in [3.05, 3.63) is 133 Å². The molecule has 2 aromatic heterocycles. The minimum Gasteiger partial charge on any atom is -0.264 e. The maximum Gasteiger partial charge on any atom is 0.202 e. The van der Waals surface area contributed by atoms with E-state index in [1.807, 2.05) is 18.5 Å². The van der Waals surface area contributed by atoms with Crippen LogP contribution in [0.2, 0.25) is 0 Å². The number of nitrogens with zero attached hydrogens (tertiary/aromatic N) is 3. The van der Waals surface area contributed by atoms with Crippen LogP contribution in [-0.2, 0) is 5.75 Å². The Morgan fingerprint density at radius 3 is 1.70 bits per heavy atom. The van der Waals surface area contributed by atoms with E-state index in [1.54, 1.807) is 18.0 Å². The molecule has 5 aromatic rings. The van der Waals surface area contributed by atoms with Gasteiger partial charge in [-0.3, -0.25) is 4.98 Å². The molecule has 160 valence electrons. The van der Waals surface area contributed by atoms with Crippen molar-refractivity contribution in [3.63, 3.8) is 0 Å². The second-order valence-electron chi connectivity index (χ2n) is 7.52. The van der Waals surface area contributed by atoms with E-state index < -0.39 is 7.26 Å².